The van der Waals surface area contributed by atoms with Gasteiger partial charge in [-0.2, -0.15) is 0 Å². The third-order valence-electron chi connectivity index (χ3n) is 2.60. The van der Waals surface area contributed by atoms with E-state index in [0.29, 0.717) is 5.02 Å². The predicted octanol–water partition coefficient (Wildman–Crippen LogP) is 4.12. The Kier molecular flexibility index (Phi) is 3.43. The number of aromatic hydroxyl groups is 1. The third-order valence-corrected chi connectivity index (χ3v) is 2.92. The van der Waals surface area contributed by atoms with Crippen LogP contribution in [0.3, 0.4) is 0 Å². The summed E-state index contributed by atoms with van der Waals surface area (Å²) in [5, 5.41) is 9.92. The lowest BCUT2D eigenvalue weighted by atomic mass is 9.81. The molecule has 0 saturated heterocycles. The van der Waals surface area contributed by atoms with Gasteiger partial charge < -0.3 is 5.11 Å². The van der Waals surface area contributed by atoms with Crippen LogP contribution in [0.1, 0.15) is 39.2 Å². The molecule has 0 fully saturated rings. The number of hydrogen-bond acceptors (Lipinski definition) is 1. The monoisotopic (exact) mass is 212 g/mol. The molecule has 1 N–H and O–H groups in total. The largest absolute Gasteiger partial charge is 0.506 e. The first-order valence-corrected chi connectivity index (χ1v) is 5.34. The lowest BCUT2D eigenvalue weighted by Crippen LogP contribution is -2.16. The predicted molar refractivity (Wildman–Crippen MR) is 61.1 cm³/mol. The molecular formula is C12H17ClO. The van der Waals surface area contributed by atoms with Gasteiger partial charge in [0.1, 0.15) is 5.75 Å². The molecule has 0 saturated carbocycles. The van der Waals surface area contributed by atoms with Crippen LogP contribution in [0.2, 0.25) is 5.02 Å². The Morgan fingerprint density at radius 3 is 2.50 bits per heavy atom. The van der Waals surface area contributed by atoms with Crippen LogP contribution in [0.15, 0.2) is 18.2 Å². The molecule has 2 heteroatoms. The van der Waals surface area contributed by atoms with E-state index in [0.717, 1.165) is 18.4 Å². The van der Waals surface area contributed by atoms with Crippen molar-refractivity contribution in [1.82, 2.24) is 0 Å². The summed E-state index contributed by atoms with van der Waals surface area (Å²) in [5.74, 6) is 0.174. The Hall–Kier alpha value is -0.690. The molecule has 0 unspecified atom stereocenters. The summed E-state index contributed by atoms with van der Waals surface area (Å²) >= 11 is 5.76. The molecule has 78 valence electrons. The van der Waals surface area contributed by atoms with Gasteiger partial charge in [-0.15, -0.1) is 0 Å². The van der Waals surface area contributed by atoms with E-state index in [9.17, 15) is 5.11 Å². The van der Waals surface area contributed by atoms with E-state index in [1.54, 1.807) is 12.1 Å². The van der Waals surface area contributed by atoms with E-state index >= 15 is 0 Å². The summed E-state index contributed by atoms with van der Waals surface area (Å²) in [6, 6.07) is 5.50. The van der Waals surface area contributed by atoms with Crippen molar-refractivity contribution in [3.63, 3.8) is 0 Å². The van der Waals surface area contributed by atoms with Crippen LogP contribution in [0, 0.1) is 0 Å². The van der Waals surface area contributed by atoms with Crippen molar-refractivity contribution in [3.8, 4) is 5.75 Å². The second-order valence-corrected chi connectivity index (χ2v) is 4.71. The van der Waals surface area contributed by atoms with Gasteiger partial charge in [-0.1, -0.05) is 44.9 Å². The maximum absolute atomic E-state index is 9.50. The lowest BCUT2D eigenvalue weighted by molar-refractivity contribution is 0.454. The lowest BCUT2D eigenvalue weighted by Gasteiger charge is -2.24. The van der Waals surface area contributed by atoms with Gasteiger partial charge >= 0.3 is 0 Å². The maximum Gasteiger partial charge on any atom is 0.134 e. The number of halogens is 1. The zero-order chi connectivity index (χ0) is 10.8. The molecule has 0 bridgehead atoms. The van der Waals surface area contributed by atoms with E-state index in [4.69, 9.17) is 11.6 Å². The Morgan fingerprint density at radius 2 is 2.00 bits per heavy atom. The minimum Gasteiger partial charge on any atom is -0.506 e. The maximum atomic E-state index is 9.50. The van der Waals surface area contributed by atoms with Crippen molar-refractivity contribution >= 4 is 11.6 Å². The quantitative estimate of drug-likeness (QED) is 0.799. The second-order valence-electron chi connectivity index (χ2n) is 4.30. The van der Waals surface area contributed by atoms with Crippen LogP contribution < -0.4 is 0 Å². The van der Waals surface area contributed by atoms with Crippen molar-refractivity contribution < 1.29 is 5.11 Å². The van der Waals surface area contributed by atoms with Crippen molar-refractivity contribution in [3.05, 3.63) is 28.8 Å². The Labute approximate surface area is 90.7 Å². The van der Waals surface area contributed by atoms with Crippen molar-refractivity contribution in [2.75, 3.05) is 0 Å². The molecular weight excluding hydrogens is 196 g/mol. The topological polar surface area (TPSA) is 20.2 Å². The van der Waals surface area contributed by atoms with Gasteiger partial charge in [0.15, 0.2) is 0 Å². The van der Waals surface area contributed by atoms with Crippen LogP contribution in [0.5, 0.6) is 5.75 Å². The minimum absolute atomic E-state index is 0.108. The van der Waals surface area contributed by atoms with E-state index in [1.807, 2.05) is 6.07 Å². The Balaban J connectivity index is 3.01. The van der Waals surface area contributed by atoms with E-state index in [1.165, 1.54) is 0 Å². The van der Waals surface area contributed by atoms with Crippen molar-refractivity contribution in [2.24, 2.45) is 0 Å². The normalized spacial score (nSPS) is 11.7. The van der Waals surface area contributed by atoms with Gasteiger partial charge in [-0.25, -0.2) is 0 Å². The van der Waals surface area contributed by atoms with Gasteiger partial charge in [0.25, 0.3) is 0 Å². The van der Waals surface area contributed by atoms with E-state index < -0.39 is 0 Å². The van der Waals surface area contributed by atoms with Crippen molar-refractivity contribution in [2.45, 2.75) is 39.0 Å². The van der Waals surface area contributed by atoms with Crippen LogP contribution in [0.4, 0.5) is 0 Å². The van der Waals surface area contributed by atoms with Gasteiger partial charge in [0.2, 0.25) is 0 Å². The molecule has 0 heterocycles. The molecule has 0 aromatic heterocycles. The molecule has 1 rings (SSSR count). The SMILES string of the molecule is CCCC(C)(C)c1ccc(Cl)c(O)c1. The molecule has 0 radical (unpaired) electrons. The summed E-state index contributed by atoms with van der Waals surface area (Å²) in [4.78, 5) is 0. The van der Waals surface area contributed by atoms with E-state index in [-0.39, 0.29) is 11.2 Å². The number of phenols is 1. The van der Waals surface area contributed by atoms with E-state index in [2.05, 4.69) is 20.8 Å². The van der Waals surface area contributed by atoms with Crippen LogP contribution in [-0.4, -0.2) is 5.11 Å². The van der Waals surface area contributed by atoms with Gasteiger partial charge in [-0.3, -0.25) is 0 Å². The van der Waals surface area contributed by atoms with Crippen LogP contribution >= 0.6 is 11.6 Å². The Bertz CT molecular complexity index is 318. The second kappa shape index (κ2) is 4.22. The van der Waals surface area contributed by atoms with Gasteiger partial charge in [-0.05, 0) is 29.5 Å². The molecule has 0 aliphatic rings. The first kappa shape index (κ1) is 11.4. The number of benzene rings is 1. The first-order chi connectivity index (χ1) is 6.47. The average Bonchev–Trinajstić information content (AvgIpc) is 2.09. The third kappa shape index (κ3) is 2.42. The van der Waals surface area contributed by atoms with Gasteiger partial charge in [0, 0.05) is 0 Å². The molecule has 0 amide bonds. The molecule has 14 heavy (non-hydrogen) atoms. The van der Waals surface area contributed by atoms with Crippen LogP contribution in [-0.2, 0) is 5.41 Å². The van der Waals surface area contributed by atoms with Gasteiger partial charge in [0.05, 0.1) is 5.02 Å². The first-order valence-electron chi connectivity index (χ1n) is 4.96. The highest BCUT2D eigenvalue weighted by molar-refractivity contribution is 6.32. The number of rotatable bonds is 3. The average molecular weight is 213 g/mol. The van der Waals surface area contributed by atoms with Crippen molar-refractivity contribution in [1.29, 1.82) is 0 Å². The molecule has 1 aromatic rings. The summed E-state index contributed by atoms with van der Waals surface area (Å²) in [5.41, 5.74) is 1.25. The standard InChI is InChI=1S/C12H17ClO/c1-4-7-12(2,3)9-5-6-10(13)11(14)8-9/h5-6,8,14H,4,7H2,1-3H3. The molecule has 0 aliphatic heterocycles. The number of phenolic OH excluding ortho intramolecular Hbond substituents is 1. The number of hydrogen-bond donors (Lipinski definition) is 1. The summed E-state index contributed by atoms with van der Waals surface area (Å²) < 4.78 is 0. The summed E-state index contributed by atoms with van der Waals surface area (Å²) in [6.45, 7) is 6.52. The highest BCUT2D eigenvalue weighted by atomic mass is 35.5. The summed E-state index contributed by atoms with van der Waals surface area (Å²) in [7, 11) is 0. The highest BCUT2D eigenvalue weighted by Crippen LogP contribution is 2.33. The zero-order valence-electron chi connectivity index (χ0n) is 8.97. The Morgan fingerprint density at radius 1 is 1.36 bits per heavy atom. The molecule has 0 aliphatic carbocycles. The van der Waals surface area contributed by atoms with Crippen LogP contribution in [0.25, 0.3) is 0 Å². The fourth-order valence-corrected chi connectivity index (χ4v) is 1.82. The minimum atomic E-state index is 0.108. The fourth-order valence-electron chi connectivity index (χ4n) is 1.70. The fraction of sp³-hybridized carbons (Fsp3) is 0.500. The molecule has 1 aromatic carbocycles. The molecule has 0 spiro atoms. The highest BCUT2D eigenvalue weighted by Gasteiger charge is 2.20. The molecule has 0 atom stereocenters. The zero-order valence-corrected chi connectivity index (χ0v) is 9.73. The smallest absolute Gasteiger partial charge is 0.134 e. The molecule has 1 nitrogen and oxygen atoms in total. The summed E-state index contributed by atoms with van der Waals surface area (Å²) in [6.07, 6.45) is 2.24.